The van der Waals surface area contributed by atoms with Gasteiger partial charge in [0.1, 0.15) is 0 Å². The second-order valence-corrected chi connectivity index (χ2v) is 13.1. The predicted octanol–water partition coefficient (Wildman–Crippen LogP) is 7.35. The molecule has 0 aromatic heterocycles. The smallest absolute Gasteiger partial charge is 0.0594 e. The van der Waals surface area contributed by atoms with E-state index in [1.54, 1.807) is 16.7 Å². The van der Waals surface area contributed by atoms with Crippen LogP contribution in [0, 0.1) is 47.3 Å². The van der Waals surface area contributed by atoms with Crippen LogP contribution < -0.4 is 0 Å². The Kier molecular flexibility index (Phi) is 4.47. The van der Waals surface area contributed by atoms with Crippen molar-refractivity contribution in [1.82, 2.24) is 0 Å². The zero-order chi connectivity index (χ0) is 21.7. The number of aliphatic hydroxyl groups excluding tert-OH is 1. The van der Waals surface area contributed by atoms with Crippen LogP contribution in [0.4, 0.5) is 0 Å². The Bertz CT molecular complexity index is 867. The lowest BCUT2D eigenvalue weighted by Crippen LogP contribution is -2.64. The summed E-state index contributed by atoms with van der Waals surface area (Å²) in [6.07, 6.45) is 10.1. The Balaban J connectivity index is 1.59. The molecule has 1 heteroatoms. The molecule has 0 spiro atoms. The van der Waals surface area contributed by atoms with Crippen molar-refractivity contribution < 1.29 is 5.11 Å². The second-order valence-electron chi connectivity index (χ2n) is 13.1. The molecule has 1 aromatic rings. The fourth-order valence-electron chi connectivity index (χ4n) is 9.84. The van der Waals surface area contributed by atoms with E-state index in [-0.39, 0.29) is 11.5 Å². The monoisotopic (exact) mass is 408 g/mol. The van der Waals surface area contributed by atoms with Crippen molar-refractivity contribution in [3.8, 4) is 0 Å². The van der Waals surface area contributed by atoms with Crippen molar-refractivity contribution in [2.24, 2.45) is 33.5 Å². The van der Waals surface area contributed by atoms with Crippen molar-refractivity contribution >= 4 is 0 Å². The van der Waals surface area contributed by atoms with E-state index in [9.17, 15) is 5.11 Å². The predicted molar refractivity (Wildman–Crippen MR) is 126 cm³/mol. The van der Waals surface area contributed by atoms with Crippen LogP contribution in [-0.4, -0.2) is 11.2 Å². The highest BCUT2D eigenvalue weighted by Gasteiger charge is 2.67. The quantitative estimate of drug-likeness (QED) is 0.475. The molecule has 0 aliphatic heterocycles. The van der Waals surface area contributed by atoms with Gasteiger partial charge in [-0.25, -0.2) is 0 Å². The number of aryl methyl sites for hydroxylation is 2. The van der Waals surface area contributed by atoms with Crippen LogP contribution in [0.15, 0.2) is 12.1 Å². The topological polar surface area (TPSA) is 20.2 Å². The fourth-order valence-corrected chi connectivity index (χ4v) is 9.84. The van der Waals surface area contributed by atoms with E-state index in [1.807, 2.05) is 0 Å². The standard InChI is InChI=1S/C29H44O/c1-18-8-9-20-12-16-28(6)21(25(20)19(18)2)10-11-23-27(5)15-14-24(30)26(3,4)22(27)13-17-29(23,28)7/h8-9,21-24,30H,10-17H2,1-7H3/t21?,22-,23+,24-,27-,28+,29+/m0/s1. The minimum Gasteiger partial charge on any atom is -0.393 e. The van der Waals surface area contributed by atoms with Crippen LogP contribution in [0.3, 0.4) is 0 Å². The first-order valence-electron chi connectivity index (χ1n) is 12.7. The molecule has 3 saturated carbocycles. The zero-order valence-electron chi connectivity index (χ0n) is 20.6. The number of hydrogen-bond donors (Lipinski definition) is 1. The Hall–Kier alpha value is -0.820. The van der Waals surface area contributed by atoms with Gasteiger partial charge in [-0.05, 0) is 127 Å². The molecule has 4 aliphatic rings. The third kappa shape index (κ3) is 2.40. The van der Waals surface area contributed by atoms with Crippen LogP contribution in [0.2, 0.25) is 0 Å². The summed E-state index contributed by atoms with van der Waals surface area (Å²) in [4.78, 5) is 0. The maximum Gasteiger partial charge on any atom is 0.0594 e. The number of benzene rings is 1. The Morgan fingerprint density at radius 3 is 2.27 bits per heavy atom. The van der Waals surface area contributed by atoms with Gasteiger partial charge in [0.15, 0.2) is 0 Å². The van der Waals surface area contributed by atoms with Crippen LogP contribution in [-0.2, 0) is 6.42 Å². The maximum absolute atomic E-state index is 10.9. The Morgan fingerprint density at radius 1 is 0.800 bits per heavy atom. The molecule has 166 valence electrons. The van der Waals surface area contributed by atoms with E-state index < -0.39 is 0 Å². The van der Waals surface area contributed by atoms with E-state index in [0.29, 0.717) is 22.2 Å². The largest absolute Gasteiger partial charge is 0.393 e. The molecule has 7 atom stereocenters. The summed E-state index contributed by atoms with van der Waals surface area (Å²) >= 11 is 0. The van der Waals surface area contributed by atoms with E-state index >= 15 is 0 Å². The fraction of sp³-hybridized carbons (Fsp3) is 0.793. The van der Waals surface area contributed by atoms with Crippen molar-refractivity contribution in [3.63, 3.8) is 0 Å². The Morgan fingerprint density at radius 2 is 1.53 bits per heavy atom. The van der Waals surface area contributed by atoms with E-state index in [1.165, 1.54) is 50.5 Å². The van der Waals surface area contributed by atoms with E-state index in [4.69, 9.17) is 0 Å². The molecule has 1 N–H and O–H groups in total. The molecule has 5 rings (SSSR count). The van der Waals surface area contributed by atoms with Gasteiger partial charge in [0, 0.05) is 0 Å². The first kappa shape index (κ1) is 21.0. The van der Waals surface area contributed by atoms with Gasteiger partial charge in [-0.15, -0.1) is 0 Å². The second kappa shape index (κ2) is 6.37. The van der Waals surface area contributed by atoms with E-state index in [2.05, 4.69) is 60.6 Å². The summed E-state index contributed by atoms with van der Waals surface area (Å²) in [5, 5.41) is 10.9. The average Bonchev–Trinajstić information content (AvgIpc) is 2.68. The number of aliphatic hydroxyl groups is 1. The van der Waals surface area contributed by atoms with Gasteiger partial charge in [0.2, 0.25) is 0 Å². The molecule has 0 radical (unpaired) electrons. The summed E-state index contributed by atoms with van der Waals surface area (Å²) in [7, 11) is 0. The summed E-state index contributed by atoms with van der Waals surface area (Å²) in [5.74, 6) is 2.18. The zero-order valence-corrected chi connectivity index (χ0v) is 20.6. The number of rotatable bonds is 0. The van der Waals surface area contributed by atoms with Gasteiger partial charge < -0.3 is 5.11 Å². The van der Waals surface area contributed by atoms with Gasteiger partial charge in [0.05, 0.1) is 6.10 Å². The molecule has 0 bridgehead atoms. The van der Waals surface area contributed by atoms with Gasteiger partial charge in [-0.3, -0.25) is 0 Å². The molecule has 0 heterocycles. The molecule has 1 unspecified atom stereocenters. The molecular weight excluding hydrogens is 364 g/mol. The first-order chi connectivity index (χ1) is 14.0. The highest BCUT2D eigenvalue weighted by molar-refractivity contribution is 5.46. The molecule has 1 nitrogen and oxygen atoms in total. The molecule has 4 aliphatic carbocycles. The normalized spacial score (nSPS) is 46.9. The Labute approximate surface area is 185 Å². The van der Waals surface area contributed by atoms with Crippen LogP contribution in [0.1, 0.15) is 108 Å². The molecule has 30 heavy (non-hydrogen) atoms. The lowest BCUT2D eigenvalue weighted by atomic mass is 9.34. The van der Waals surface area contributed by atoms with Gasteiger partial charge in [-0.1, -0.05) is 46.8 Å². The third-order valence-corrected chi connectivity index (χ3v) is 12.0. The van der Waals surface area contributed by atoms with Crippen LogP contribution in [0.25, 0.3) is 0 Å². The van der Waals surface area contributed by atoms with Gasteiger partial charge in [0.25, 0.3) is 0 Å². The van der Waals surface area contributed by atoms with Gasteiger partial charge >= 0.3 is 0 Å². The minimum atomic E-state index is -0.126. The van der Waals surface area contributed by atoms with Gasteiger partial charge in [-0.2, -0.15) is 0 Å². The summed E-state index contributed by atoms with van der Waals surface area (Å²) in [6.45, 7) is 17.4. The first-order valence-corrected chi connectivity index (χ1v) is 12.7. The molecular formula is C29H44O. The summed E-state index contributed by atoms with van der Waals surface area (Å²) < 4.78 is 0. The van der Waals surface area contributed by atoms with Crippen LogP contribution in [0.5, 0.6) is 0 Å². The van der Waals surface area contributed by atoms with Crippen molar-refractivity contribution in [3.05, 3.63) is 34.4 Å². The highest BCUT2D eigenvalue weighted by atomic mass is 16.3. The highest BCUT2D eigenvalue weighted by Crippen LogP contribution is 2.74. The van der Waals surface area contributed by atoms with E-state index in [0.717, 1.165) is 18.3 Å². The van der Waals surface area contributed by atoms with Crippen molar-refractivity contribution in [2.75, 3.05) is 0 Å². The van der Waals surface area contributed by atoms with Crippen molar-refractivity contribution in [2.45, 2.75) is 112 Å². The SMILES string of the molecule is Cc1ccc2c(c1C)C1CC[C@@H]3[C@@]4(C)CC[C@H](O)C(C)(C)[C@@H]4CC[C@@]3(C)[C@]1(C)CC2. The molecule has 0 saturated heterocycles. The molecule has 0 amide bonds. The van der Waals surface area contributed by atoms with Crippen LogP contribution >= 0.6 is 0 Å². The summed E-state index contributed by atoms with van der Waals surface area (Å²) in [6, 6.07) is 4.79. The maximum atomic E-state index is 10.9. The average molecular weight is 409 g/mol. The summed E-state index contributed by atoms with van der Waals surface area (Å²) in [5.41, 5.74) is 7.67. The number of hydrogen-bond acceptors (Lipinski definition) is 1. The lowest BCUT2D eigenvalue weighted by Gasteiger charge is -2.71. The third-order valence-electron chi connectivity index (χ3n) is 12.0. The molecule has 3 fully saturated rings. The molecule has 1 aromatic carbocycles. The minimum absolute atomic E-state index is 0.0545. The lowest BCUT2D eigenvalue weighted by molar-refractivity contribution is -0.218. The van der Waals surface area contributed by atoms with Crippen molar-refractivity contribution in [1.29, 1.82) is 0 Å². The number of fused-ring (bicyclic) bond motifs is 7.